The molecule has 0 aliphatic carbocycles. The van der Waals surface area contributed by atoms with Crippen molar-refractivity contribution in [3.63, 3.8) is 0 Å². The molecule has 88 valence electrons. The summed E-state index contributed by atoms with van der Waals surface area (Å²) in [5, 5.41) is 6.50. The molecule has 0 unspecified atom stereocenters. The van der Waals surface area contributed by atoms with Crippen molar-refractivity contribution in [1.29, 1.82) is 0 Å². The standard InChI is InChI=1S/C13H16N4/c1-2-14-13-9-11(6-8-16-13)17-10-12-5-3-4-7-15-12/h3-9H,2,10H2,1H3,(H2,14,16,17). The number of hydrogen-bond donors (Lipinski definition) is 2. The first-order valence-corrected chi connectivity index (χ1v) is 5.72. The zero-order valence-corrected chi connectivity index (χ0v) is 9.85. The van der Waals surface area contributed by atoms with Gasteiger partial charge in [-0.2, -0.15) is 0 Å². The second-order valence-electron chi connectivity index (χ2n) is 3.63. The van der Waals surface area contributed by atoms with Crippen LogP contribution in [0.5, 0.6) is 0 Å². The topological polar surface area (TPSA) is 49.8 Å². The molecule has 0 aromatic carbocycles. The van der Waals surface area contributed by atoms with E-state index in [1.165, 1.54) is 0 Å². The van der Waals surface area contributed by atoms with Crippen molar-refractivity contribution < 1.29 is 0 Å². The zero-order valence-electron chi connectivity index (χ0n) is 9.85. The first kappa shape index (κ1) is 11.4. The molecule has 0 saturated carbocycles. The third-order valence-electron chi connectivity index (χ3n) is 2.32. The second kappa shape index (κ2) is 5.84. The summed E-state index contributed by atoms with van der Waals surface area (Å²) in [6.07, 6.45) is 3.59. The number of rotatable bonds is 5. The third-order valence-corrected chi connectivity index (χ3v) is 2.32. The predicted molar refractivity (Wildman–Crippen MR) is 70.0 cm³/mol. The highest BCUT2D eigenvalue weighted by Crippen LogP contribution is 2.12. The Morgan fingerprint density at radius 1 is 1.06 bits per heavy atom. The molecule has 2 N–H and O–H groups in total. The molecule has 2 heterocycles. The molecule has 0 fully saturated rings. The second-order valence-corrected chi connectivity index (χ2v) is 3.63. The number of nitrogens with one attached hydrogen (secondary N) is 2. The Balaban J connectivity index is 1.97. The number of aromatic nitrogens is 2. The van der Waals surface area contributed by atoms with Crippen LogP contribution in [0, 0.1) is 0 Å². The molecule has 2 aromatic rings. The van der Waals surface area contributed by atoms with Gasteiger partial charge in [0.1, 0.15) is 5.82 Å². The van der Waals surface area contributed by atoms with Crippen molar-refractivity contribution in [3.05, 3.63) is 48.4 Å². The molecule has 0 saturated heterocycles. The van der Waals surface area contributed by atoms with Crippen LogP contribution in [0.1, 0.15) is 12.6 Å². The van der Waals surface area contributed by atoms with Gasteiger partial charge in [-0.15, -0.1) is 0 Å². The quantitative estimate of drug-likeness (QED) is 0.825. The van der Waals surface area contributed by atoms with Crippen molar-refractivity contribution >= 4 is 11.5 Å². The van der Waals surface area contributed by atoms with Gasteiger partial charge in [0.2, 0.25) is 0 Å². The van der Waals surface area contributed by atoms with E-state index in [9.17, 15) is 0 Å². The van der Waals surface area contributed by atoms with Gasteiger partial charge in [0, 0.05) is 30.7 Å². The van der Waals surface area contributed by atoms with Crippen LogP contribution in [0.2, 0.25) is 0 Å². The van der Waals surface area contributed by atoms with Crippen LogP contribution in [0.3, 0.4) is 0 Å². The lowest BCUT2D eigenvalue weighted by atomic mass is 10.3. The Kier molecular flexibility index (Phi) is 3.91. The minimum Gasteiger partial charge on any atom is -0.379 e. The van der Waals surface area contributed by atoms with Gasteiger partial charge in [-0.1, -0.05) is 6.07 Å². The average molecular weight is 228 g/mol. The molecule has 4 nitrogen and oxygen atoms in total. The molecule has 17 heavy (non-hydrogen) atoms. The summed E-state index contributed by atoms with van der Waals surface area (Å²) in [6, 6.07) is 9.84. The van der Waals surface area contributed by atoms with Gasteiger partial charge in [-0.25, -0.2) is 4.98 Å². The molecule has 0 radical (unpaired) electrons. The molecule has 0 spiro atoms. The van der Waals surface area contributed by atoms with E-state index < -0.39 is 0 Å². The molecule has 0 amide bonds. The Hall–Kier alpha value is -2.10. The summed E-state index contributed by atoms with van der Waals surface area (Å²) in [6.45, 7) is 3.64. The molecule has 0 aliphatic heterocycles. The summed E-state index contributed by atoms with van der Waals surface area (Å²) >= 11 is 0. The van der Waals surface area contributed by atoms with Gasteiger partial charge in [-0.05, 0) is 25.1 Å². The molecule has 0 aliphatic rings. The number of anilines is 2. The Labute approximate surface area is 101 Å². The number of pyridine rings is 2. The van der Waals surface area contributed by atoms with Gasteiger partial charge in [0.05, 0.1) is 12.2 Å². The fourth-order valence-electron chi connectivity index (χ4n) is 1.51. The van der Waals surface area contributed by atoms with E-state index in [0.717, 1.165) is 30.3 Å². The largest absolute Gasteiger partial charge is 0.379 e. The molecule has 0 bridgehead atoms. The van der Waals surface area contributed by atoms with Gasteiger partial charge in [0.25, 0.3) is 0 Å². The van der Waals surface area contributed by atoms with Crippen molar-refractivity contribution in [2.24, 2.45) is 0 Å². The maximum absolute atomic E-state index is 4.26. The highest BCUT2D eigenvalue weighted by Gasteiger charge is 1.96. The van der Waals surface area contributed by atoms with Crippen LogP contribution >= 0.6 is 0 Å². The highest BCUT2D eigenvalue weighted by atomic mass is 15.0. The zero-order chi connectivity index (χ0) is 11.9. The van der Waals surface area contributed by atoms with Crippen molar-refractivity contribution in [1.82, 2.24) is 9.97 Å². The normalized spacial score (nSPS) is 9.94. The van der Waals surface area contributed by atoms with E-state index in [4.69, 9.17) is 0 Å². The minimum atomic E-state index is 0.719. The van der Waals surface area contributed by atoms with Gasteiger partial charge < -0.3 is 10.6 Å². The van der Waals surface area contributed by atoms with Crippen LogP contribution in [0.4, 0.5) is 11.5 Å². The highest BCUT2D eigenvalue weighted by molar-refractivity contribution is 5.51. The Bertz CT molecular complexity index is 456. The van der Waals surface area contributed by atoms with Gasteiger partial charge in [-0.3, -0.25) is 4.98 Å². The summed E-state index contributed by atoms with van der Waals surface area (Å²) in [5.74, 6) is 0.888. The van der Waals surface area contributed by atoms with Crippen LogP contribution < -0.4 is 10.6 Å². The number of hydrogen-bond acceptors (Lipinski definition) is 4. The summed E-state index contributed by atoms with van der Waals surface area (Å²) in [4.78, 5) is 8.48. The SMILES string of the molecule is CCNc1cc(NCc2ccccn2)ccn1. The third kappa shape index (κ3) is 3.45. The van der Waals surface area contributed by atoms with Crippen LogP contribution in [-0.2, 0) is 6.54 Å². The molecule has 2 rings (SSSR count). The molecular weight excluding hydrogens is 212 g/mol. The Morgan fingerprint density at radius 2 is 2.00 bits per heavy atom. The maximum atomic E-state index is 4.26. The van der Waals surface area contributed by atoms with Gasteiger partial charge >= 0.3 is 0 Å². The summed E-state index contributed by atoms with van der Waals surface area (Å²) < 4.78 is 0. The predicted octanol–water partition coefficient (Wildman–Crippen LogP) is 2.52. The van der Waals surface area contributed by atoms with Crippen LogP contribution in [0.15, 0.2) is 42.7 Å². The van der Waals surface area contributed by atoms with E-state index >= 15 is 0 Å². The monoisotopic (exact) mass is 228 g/mol. The van der Waals surface area contributed by atoms with Crippen LogP contribution in [0.25, 0.3) is 0 Å². The van der Waals surface area contributed by atoms with E-state index in [1.807, 2.05) is 30.3 Å². The lowest BCUT2D eigenvalue weighted by molar-refractivity contribution is 1.04. The van der Waals surface area contributed by atoms with Crippen molar-refractivity contribution in [2.75, 3.05) is 17.2 Å². The van der Waals surface area contributed by atoms with E-state index in [0.29, 0.717) is 0 Å². The maximum Gasteiger partial charge on any atom is 0.127 e. The fourth-order valence-corrected chi connectivity index (χ4v) is 1.51. The summed E-state index contributed by atoms with van der Waals surface area (Å²) in [7, 11) is 0. The Morgan fingerprint density at radius 3 is 2.76 bits per heavy atom. The van der Waals surface area contributed by atoms with E-state index in [-0.39, 0.29) is 0 Å². The van der Waals surface area contributed by atoms with E-state index in [2.05, 4.69) is 27.5 Å². The first-order chi connectivity index (χ1) is 8.38. The lowest BCUT2D eigenvalue weighted by Gasteiger charge is -2.07. The molecular formula is C13H16N4. The smallest absolute Gasteiger partial charge is 0.127 e. The fraction of sp³-hybridized carbons (Fsp3) is 0.231. The van der Waals surface area contributed by atoms with Crippen molar-refractivity contribution in [3.8, 4) is 0 Å². The van der Waals surface area contributed by atoms with Crippen molar-refractivity contribution in [2.45, 2.75) is 13.5 Å². The molecule has 0 atom stereocenters. The van der Waals surface area contributed by atoms with Crippen LogP contribution in [-0.4, -0.2) is 16.5 Å². The lowest BCUT2D eigenvalue weighted by Crippen LogP contribution is -2.03. The minimum absolute atomic E-state index is 0.719. The molecule has 2 aromatic heterocycles. The first-order valence-electron chi connectivity index (χ1n) is 5.72. The average Bonchev–Trinajstić information content (AvgIpc) is 2.39. The molecule has 4 heteroatoms. The number of nitrogens with zero attached hydrogens (tertiary/aromatic N) is 2. The van der Waals surface area contributed by atoms with Gasteiger partial charge in [0.15, 0.2) is 0 Å². The summed E-state index contributed by atoms with van der Waals surface area (Å²) in [5.41, 5.74) is 2.07. The van der Waals surface area contributed by atoms with E-state index in [1.54, 1.807) is 12.4 Å².